The van der Waals surface area contributed by atoms with Crippen molar-refractivity contribution in [2.24, 2.45) is 0 Å². The first-order chi connectivity index (χ1) is 12.2. The summed E-state index contributed by atoms with van der Waals surface area (Å²) in [5.41, 5.74) is 1.05. The lowest BCUT2D eigenvalue weighted by Gasteiger charge is -2.16. The number of hydrogen-bond acceptors (Lipinski definition) is 5. The van der Waals surface area contributed by atoms with E-state index in [9.17, 15) is 9.59 Å². The number of amides is 1. The van der Waals surface area contributed by atoms with E-state index in [1.807, 2.05) is 37.3 Å². The van der Waals surface area contributed by atoms with Crippen LogP contribution in [-0.4, -0.2) is 37.9 Å². The van der Waals surface area contributed by atoms with E-state index in [2.05, 4.69) is 11.9 Å². The number of carbonyl (C=O) groups is 2. The van der Waals surface area contributed by atoms with Gasteiger partial charge >= 0.3 is 12.1 Å². The van der Waals surface area contributed by atoms with Gasteiger partial charge in [0.2, 0.25) is 0 Å². The molecule has 0 saturated carbocycles. The zero-order valence-electron chi connectivity index (χ0n) is 14.7. The third-order valence-electron chi connectivity index (χ3n) is 3.29. The normalized spacial score (nSPS) is 11.4. The molecule has 0 aliphatic carbocycles. The molecule has 1 atom stereocenters. The molecule has 0 aliphatic heterocycles. The van der Waals surface area contributed by atoms with Crippen LogP contribution in [0.4, 0.5) is 4.79 Å². The lowest BCUT2D eigenvalue weighted by Crippen LogP contribution is -2.42. The molecule has 138 valence electrons. The molecule has 1 N–H and O–H groups in total. The quantitative estimate of drug-likeness (QED) is 0.356. The Bertz CT molecular complexity index is 518. The maximum absolute atomic E-state index is 11.9. The molecule has 6 nitrogen and oxygen atoms in total. The zero-order chi connectivity index (χ0) is 18.3. The molecule has 1 rings (SSSR count). The highest BCUT2D eigenvalue weighted by Crippen LogP contribution is 2.01. The lowest BCUT2D eigenvalue weighted by atomic mass is 10.2. The summed E-state index contributed by atoms with van der Waals surface area (Å²) in [6, 6.07) is 8.93. The van der Waals surface area contributed by atoms with E-state index >= 15 is 0 Å². The van der Waals surface area contributed by atoms with Gasteiger partial charge in [-0.2, -0.15) is 0 Å². The van der Waals surface area contributed by atoms with Crippen molar-refractivity contribution in [3.05, 3.63) is 48.6 Å². The number of esters is 1. The number of nitrogens with one attached hydrogen (secondary N) is 1. The van der Waals surface area contributed by atoms with Gasteiger partial charge in [0.1, 0.15) is 12.6 Å². The SMILES string of the molecule is C=CCC(NC(=O)OCCOCc1ccccc1)C(=O)OCCCC. The number of alkyl carbamates (subject to hydrolysis) is 1. The van der Waals surface area contributed by atoms with Crippen molar-refractivity contribution in [3.63, 3.8) is 0 Å². The number of unbranched alkanes of at least 4 members (excludes halogenated alkanes) is 1. The number of hydrogen-bond donors (Lipinski definition) is 1. The van der Waals surface area contributed by atoms with Crippen molar-refractivity contribution < 1.29 is 23.8 Å². The Labute approximate surface area is 149 Å². The van der Waals surface area contributed by atoms with Crippen molar-refractivity contribution in [2.75, 3.05) is 19.8 Å². The molecule has 0 bridgehead atoms. The lowest BCUT2D eigenvalue weighted by molar-refractivity contribution is -0.146. The third kappa shape index (κ3) is 9.52. The van der Waals surface area contributed by atoms with Crippen molar-refractivity contribution in [1.82, 2.24) is 5.32 Å². The summed E-state index contributed by atoms with van der Waals surface area (Å²) >= 11 is 0. The van der Waals surface area contributed by atoms with Gasteiger partial charge in [-0.3, -0.25) is 0 Å². The van der Waals surface area contributed by atoms with Gasteiger partial charge in [0.25, 0.3) is 0 Å². The van der Waals surface area contributed by atoms with Crippen LogP contribution in [-0.2, 0) is 25.6 Å². The average molecular weight is 349 g/mol. The second-order valence-electron chi connectivity index (χ2n) is 5.42. The Morgan fingerprint density at radius 1 is 1.16 bits per heavy atom. The smallest absolute Gasteiger partial charge is 0.407 e. The number of carbonyl (C=O) groups excluding carboxylic acids is 2. The van der Waals surface area contributed by atoms with Gasteiger partial charge in [0.15, 0.2) is 0 Å². The van der Waals surface area contributed by atoms with Crippen LogP contribution in [0.25, 0.3) is 0 Å². The minimum absolute atomic E-state index is 0.102. The van der Waals surface area contributed by atoms with Crippen LogP contribution < -0.4 is 5.32 Å². The molecule has 0 heterocycles. The second-order valence-corrected chi connectivity index (χ2v) is 5.42. The summed E-state index contributed by atoms with van der Waals surface area (Å²) in [4.78, 5) is 23.7. The Balaban J connectivity index is 2.22. The Kier molecular flexibility index (Phi) is 10.8. The maximum atomic E-state index is 11.9. The molecule has 1 aromatic rings. The van der Waals surface area contributed by atoms with E-state index in [1.165, 1.54) is 0 Å². The minimum atomic E-state index is -0.785. The van der Waals surface area contributed by atoms with Crippen molar-refractivity contribution in [2.45, 2.75) is 38.8 Å². The third-order valence-corrected chi connectivity index (χ3v) is 3.29. The van der Waals surface area contributed by atoms with Crippen LogP contribution in [0.2, 0.25) is 0 Å². The van der Waals surface area contributed by atoms with Crippen LogP contribution in [0.15, 0.2) is 43.0 Å². The zero-order valence-corrected chi connectivity index (χ0v) is 14.7. The summed E-state index contributed by atoms with van der Waals surface area (Å²) < 4.78 is 15.5. The standard InChI is InChI=1S/C19H27NO5/c1-3-5-12-24-18(21)17(9-4-2)20-19(22)25-14-13-23-15-16-10-7-6-8-11-16/h4,6-8,10-11,17H,2-3,5,9,12-15H2,1H3,(H,20,22). The molecule has 6 heteroatoms. The molecule has 0 saturated heterocycles. The first-order valence-corrected chi connectivity index (χ1v) is 8.49. The molecular weight excluding hydrogens is 322 g/mol. The summed E-state index contributed by atoms with van der Waals surface area (Å²) in [6.45, 7) is 6.75. The van der Waals surface area contributed by atoms with Gasteiger partial charge in [0, 0.05) is 0 Å². The van der Waals surface area contributed by atoms with Crippen LogP contribution in [0.3, 0.4) is 0 Å². The highest BCUT2D eigenvalue weighted by molar-refractivity contribution is 5.81. The molecule has 0 fully saturated rings. The van der Waals surface area contributed by atoms with Crippen molar-refractivity contribution in [1.29, 1.82) is 0 Å². The number of ether oxygens (including phenoxy) is 3. The molecule has 1 aromatic carbocycles. The minimum Gasteiger partial charge on any atom is -0.464 e. The first kappa shape index (κ1) is 20.7. The molecule has 1 amide bonds. The first-order valence-electron chi connectivity index (χ1n) is 8.49. The van der Waals surface area contributed by atoms with Gasteiger partial charge in [-0.05, 0) is 18.4 Å². The monoisotopic (exact) mass is 349 g/mol. The van der Waals surface area contributed by atoms with Crippen LogP contribution in [0.1, 0.15) is 31.7 Å². The van der Waals surface area contributed by atoms with E-state index in [1.54, 1.807) is 6.08 Å². The van der Waals surface area contributed by atoms with Gasteiger partial charge < -0.3 is 19.5 Å². The van der Waals surface area contributed by atoms with Gasteiger partial charge in [-0.15, -0.1) is 6.58 Å². The van der Waals surface area contributed by atoms with Gasteiger partial charge in [0.05, 0.1) is 19.8 Å². The fourth-order valence-electron chi connectivity index (χ4n) is 1.94. The summed E-state index contributed by atoms with van der Waals surface area (Å²) in [5, 5.41) is 2.49. The molecule has 25 heavy (non-hydrogen) atoms. The Morgan fingerprint density at radius 3 is 2.60 bits per heavy atom. The second kappa shape index (κ2) is 13.0. The highest BCUT2D eigenvalue weighted by atomic mass is 16.6. The molecule has 0 radical (unpaired) electrons. The van der Waals surface area contributed by atoms with Crippen LogP contribution in [0.5, 0.6) is 0 Å². The fourth-order valence-corrected chi connectivity index (χ4v) is 1.94. The molecule has 0 aliphatic rings. The maximum Gasteiger partial charge on any atom is 0.407 e. The fraction of sp³-hybridized carbons (Fsp3) is 0.474. The Morgan fingerprint density at radius 2 is 1.92 bits per heavy atom. The molecule has 1 unspecified atom stereocenters. The van der Waals surface area contributed by atoms with Gasteiger partial charge in [-0.1, -0.05) is 49.8 Å². The highest BCUT2D eigenvalue weighted by Gasteiger charge is 2.21. The Hall–Kier alpha value is -2.34. The van der Waals surface area contributed by atoms with Crippen molar-refractivity contribution in [3.8, 4) is 0 Å². The molecule has 0 spiro atoms. The van der Waals surface area contributed by atoms with Crippen LogP contribution >= 0.6 is 0 Å². The molecule has 0 aromatic heterocycles. The average Bonchev–Trinajstić information content (AvgIpc) is 2.62. The van der Waals surface area contributed by atoms with E-state index in [-0.39, 0.29) is 19.6 Å². The summed E-state index contributed by atoms with van der Waals surface area (Å²) in [7, 11) is 0. The summed E-state index contributed by atoms with van der Waals surface area (Å²) in [5.74, 6) is -0.481. The van der Waals surface area contributed by atoms with Crippen molar-refractivity contribution >= 4 is 12.1 Å². The topological polar surface area (TPSA) is 73.9 Å². The largest absolute Gasteiger partial charge is 0.464 e. The van der Waals surface area contributed by atoms with E-state index in [0.717, 1.165) is 18.4 Å². The van der Waals surface area contributed by atoms with E-state index < -0.39 is 18.1 Å². The summed E-state index contributed by atoms with van der Waals surface area (Å²) in [6.07, 6.45) is 2.87. The predicted octanol–water partition coefficient (Wildman–Crippen LogP) is 3.22. The molecular formula is C19H27NO5. The number of benzene rings is 1. The van der Waals surface area contributed by atoms with E-state index in [4.69, 9.17) is 14.2 Å². The number of rotatable bonds is 12. The predicted molar refractivity (Wildman–Crippen MR) is 95.1 cm³/mol. The van der Waals surface area contributed by atoms with Gasteiger partial charge in [-0.25, -0.2) is 9.59 Å². The van der Waals surface area contributed by atoms with E-state index in [0.29, 0.717) is 13.2 Å². The van der Waals surface area contributed by atoms with Crippen LogP contribution in [0, 0.1) is 0 Å².